The summed E-state index contributed by atoms with van der Waals surface area (Å²) < 4.78 is 1.54. The molecule has 2 aromatic rings. The third-order valence-electron chi connectivity index (χ3n) is 2.70. The summed E-state index contributed by atoms with van der Waals surface area (Å²) in [4.78, 5) is 21.3. The molecular weight excluding hydrogens is 292 g/mol. The molecule has 2 rings (SSSR count). The quantitative estimate of drug-likeness (QED) is 0.679. The van der Waals surface area contributed by atoms with Crippen LogP contribution in [-0.2, 0) is 5.75 Å². The molecule has 0 aromatic carbocycles. The van der Waals surface area contributed by atoms with Gasteiger partial charge in [0.2, 0.25) is 0 Å². The van der Waals surface area contributed by atoms with E-state index in [0.29, 0.717) is 21.8 Å². The van der Waals surface area contributed by atoms with Crippen LogP contribution in [0.3, 0.4) is 0 Å². The van der Waals surface area contributed by atoms with E-state index in [0.717, 1.165) is 18.7 Å². The summed E-state index contributed by atoms with van der Waals surface area (Å²) in [6, 6.07) is 1.55. The van der Waals surface area contributed by atoms with Gasteiger partial charge in [0.15, 0.2) is 10.1 Å². The van der Waals surface area contributed by atoms with Crippen LogP contribution in [0.1, 0.15) is 26.0 Å². The van der Waals surface area contributed by atoms with Crippen molar-refractivity contribution in [2.24, 2.45) is 16.6 Å². The molecule has 0 aliphatic rings. The number of thiazole rings is 1. The van der Waals surface area contributed by atoms with Gasteiger partial charge < -0.3 is 5.73 Å². The lowest BCUT2D eigenvalue weighted by atomic mass is 10.1. The van der Waals surface area contributed by atoms with Gasteiger partial charge in [-0.05, 0) is 12.3 Å². The number of thioether (sulfide) groups is 1. The molecule has 0 spiro atoms. The second-order valence-corrected chi connectivity index (χ2v) is 6.70. The van der Waals surface area contributed by atoms with Gasteiger partial charge in [-0.3, -0.25) is 14.2 Å². The van der Waals surface area contributed by atoms with E-state index in [2.05, 4.69) is 23.8 Å². The van der Waals surface area contributed by atoms with Crippen LogP contribution in [0.25, 0.3) is 4.96 Å². The SMILES string of the molecule is CC(C)CCN=C(N)SCc1cc(=O)n2ccsc2n1. The van der Waals surface area contributed by atoms with Gasteiger partial charge in [-0.15, -0.1) is 11.3 Å². The zero-order valence-corrected chi connectivity index (χ0v) is 13.2. The van der Waals surface area contributed by atoms with Crippen LogP contribution in [0.5, 0.6) is 0 Å². The molecule has 2 heterocycles. The molecule has 20 heavy (non-hydrogen) atoms. The molecule has 0 saturated heterocycles. The number of rotatable bonds is 5. The highest BCUT2D eigenvalue weighted by Gasteiger charge is 2.04. The van der Waals surface area contributed by atoms with Crippen LogP contribution >= 0.6 is 23.1 Å². The summed E-state index contributed by atoms with van der Waals surface area (Å²) in [7, 11) is 0. The Labute approximate surface area is 125 Å². The lowest BCUT2D eigenvalue weighted by Crippen LogP contribution is -2.14. The summed E-state index contributed by atoms with van der Waals surface area (Å²) in [5.74, 6) is 1.19. The molecule has 0 bridgehead atoms. The van der Waals surface area contributed by atoms with Crippen molar-refractivity contribution in [1.82, 2.24) is 9.38 Å². The molecule has 7 heteroatoms. The summed E-state index contributed by atoms with van der Waals surface area (Å²) >= 11 is 2.87. The molecule has 0 atom stereocenters. The first-order valence-corrected chi connectivity index (χ1v) is 8.31. The fourth-order valence-electron chi connectivity index (χ4n) is 1.59. The van der Waals surface area contributed by atoms with Crippen molar-refractivity contribution in [1.29, 1.82) is 0 Å². The maximum absolute atomic E-state index is 11.8. The Morgan fingerprint density at radius 1 is 1.60 bits per heavy atom. The Kier molecular flexibility index (Phi) is 5.19. The number of nitrogens with zero attached hydrogens (tertiary/aromatic N) is 3. The van der Waals surface area contributed by atoms with Crippen LogP contribution in [0.2, 0.25) is 0 Å². The van der Waals surface area contributed by atoms with E-state index in [1.807, 2.05) is 5.38 Å². The molecule has 0 aliphatic heterocycles. The molecule has 0 radical (unpaired) electrons. The summed E-state index contributed by atoms with van der Waals surface area (Å²) in [6.45, 7) is 5.06. The summed E-state index contributed by atoms with van der Waals surface area (Å²) in [5.41, 5.74) is 6.53. The van der Waals surface area contributed by atoms with Crippen molar-refractivity contribution in [3.63, 3.8) is 0 Å². The fourth-order valence-corrected chi connectivity index (χ4v) is 2.95. The number of aromatic nitrogens is 2. The van der Waals surface area contributed by atoms with Gasteiger partial charge in [-0.1, -0.05) is 25.6 Å². The van der Waals surface area contributed by atoms with Gasteiger partial charge in [0.05, 0.1) is 5.69 Å². The van der Waals surface area contributed by atoms with Crippen LogP contribution < -0.4 is 11.3 Å². The molecule has 0 saturated carbocycles. The number of fused-ring (bicyclic) bond motifs is 1. The van der Waals surface area contributed by atoms with Crippen molar-refractivity contribution in [2.45, 2.75) is 26.0 Å². The van der Waals surface area contributed by atoms with Gasteiger partial charge >= 0.3 is 0 Å². The van der Waals surface area contributed by atoms with Crippen molar-refractivity contribution in [2.75, 3.05) is 6.54 Å². The van der Waals surface area contributed by atoms with E-state index in [1.54, 1.807) is 16.7 Å². The number of amidine groups is 1. The Bertz CT molecular complexity index is 660. The maximum atomic E-state index is 11.8. The third kappa shape index (κ3) is 4.08. The molecule has 2 aromatic heterocycles. The maximum Gasteiger partial charge on any atom is 0.258 e. The van der Waals surface area contributed by atoms with E-state index in [1.165, 1.54) is 23.1 Å². The molecule has 0 unspecified atom stereocenters. The minimum absolute atomic E-state index is 0.0535. The largest absolute Gasteiger partial charge is 0.379 e. The zero-order valence-electron chi connectivity index (χ0n) is 11.6. The smallest absolute Gasteiger partial charge is 0.258 e. The minimum atomic E-state index is -0.0535. The van der Waals surface area contributed by atoms with E-state index in [-0.39, 0.29) is 5.56 Å². The second kappa shape index (κ2) is 6.90. The van der Waals surface area contributed by atoms with Crippen LogP contribution in [0.4, 0.5) is 0 Å². The van der Waals surface area contributed by atoms with E-state index in [4.69, 9.17) is 5.73 Å². The monoisotopic (exact) mass is 310 g/mol. The number of nitrogens with two attached hydrogens (primary N) is 1. The van der Waals surface area contributed by atoms with E-state index >= 15 is 0 Å². The Morgan fingerprint density at radius 3 is 3.15 bits per heavy atom. The molecule has 0 amide bonds. The van der Waals surface area contributed by atoms with Crippen molar-refractivity contribution in [3.05, 3.63) is 33.7 Å². The van der Waals surface area contributed by atoms with Gasteiger partial charge in [-0.25, -0.2) is 4.98 Å². The Morgan fingerprint density at radius 2 is 2.40 bits per heavy atom. The van der Waals surface area contributed by atoms with Crippen molar-refractivity contribution >= 4 is 33.2 Å². The standard InChI is InChI=1S/C13H18N4OS2/c1-9(2)3-4-15-12(14)20-8-10-7-11(18)17-5-6-19-13(17)16-10/h5-7,9H,3-4,8H2,1-2H3,(H2,14,15). The topological polar surface area (TPSA) is 72.8 Å². The first kappa shape index (κ1) is 15.1. The summed E-state index contributed by atoms with van der Waals surface area (Å²) in [6.07, 6.45) is 2.76. The highest BCUT2D eigenvalue weighted by atomic mass is 32.2. The van der Waals surface area contributed by atoms with Crippen LogP contribution in [0.15, 0.2) is 27.4 Å². The number of hydrogen-bond acceptors (Lipinski definition) is 5. The minimum Gasteiger partial charge on any atom is -0.379 e. The molecule has 2 N–H and O–H groups in total. The predicted octanol–water partition coefficient (Wildman–Crippen LogP) is 2.35. The first-order chi connectivity index (χ1) is 9.56. The average Bonchev–Trinajstić information content (AvgIpc) is 2.84. The normalized spacial score (nSPS) is 12.4. The molecule has 0 aliphatic carbocycles. The first-order valence-electron chi connectivity index (χ1n) is 6.45. The molecule has 0 fully saturated rings. The summed E-state index contributed by atoms with van der Waals surface area (Å²) in [5, 5.41) is 2.40. The zero-order chi connectivity index (χ0) is 14.5. The fraction of sp³-hybridized carbons (Fsp3) is 0.462. The lowest BCUT2D eigenvalue weighted by molar-refractivity contribution is 0.597. The second-order valence-electron chi connectivity index (χ2n) is 4.83. The molecule has 108 valence electrons. The molecular formula is C13H18N4OS2. The van der Waals surface area contributed by atoms with E-state index < -0.39 is 0 Å². The number of hydrogen-bond donors (Lipinski definition) is 1. The Balaban J connectivity index is 1.97. The van der Waals surface area contributed by atoms with E-state index in [9.17, 15) is 4.79 Å². The highest BCUT2D eigenvalue weighted by Crippen LogP contribution is 2.12. The Hall–Kier alpha value is -1.34. The van der Waals surface area contributed by atoms with Gasteiger partial charge in [0.1, 0.15) is 0 Å². The van der Waals surface area contributed by atoms with Gasteiger partial charge in [0, 0.05) is 29.9 Å². The van der Waals surface area contributed by atoms with Crippen LogP contribution in [0, 0.1) is 5.92 Å². The average molecular weight is 310 g/mol. The molecule has 5 nitrogen and oxygen atoms in total. The third-order valence-corrected chi connectivity index (χ3v) is 4.32. The predicted molar refractivity (Wildman–Crippen MR) is 86.6 cm³/mol. The highest BCUT2D eigenvalue weighted by molar-refractivity contribution is 8.13. The lowest BCUT2D eigenvalue weighted by Gasteiger charge is -2.03. The van der Waals surface area contributed by atoms with Crippen molar-refractivity contribution in [3.8, 4) is 0 Å². The van der Waals surface area contributed by atoms with Crippen molar-refractivity contribution < 1.29 is 0 Å². The number of aliphatic imine (C=N–C) groups is 1. The van der Waals surface area contributed by atoms with Gasteiger partial charge in [-0.2, -0.15) is 0 Å². The van der Waals surface area contributed by atoms with Crippen LogP contribution in [-0.4, -0.2) is 21.1 Å². The van der Waals surface area contributed by atoms with Gasteiger partial charge in [0.25, 0.3) is 5.56 Å².